The molecule has 1 aliphatic rings. The van der Waals surface area contributed by atoms with Crippen molar-refractivity contribution in [3.05, 3.63) is 86.0 Å². The average Bonchev–Trinajstić information content (AvgIpc) is 3.22. The van der Waals surface area contributed by atoms with Crippen molar-refractivity contribution >= 4 is 40.4 Å². The lowest BCUT2D eigenvalue weighted by atomic mass is 10.2. The minimum absolute atomic E-state index is 0.0974. The molecule has 7 heteroatoms. The van der Waals surface area contributed by atoms with E-state index in [1.165, 1.54) is 16.9 Å². The monoisotopic (exact) mass is 460 g/mol. The van der Waals surface area contributed by atoms with E-state index >= 15 is 0 Å². The molecule has 1 fully saturated rings. The van der Waals surface area contributed by atoms with E-state index in [2.05, 4.69) is 11.0 Å². The van der Waals surface area contributed by atoms with Crippen molar-refractivity contribution in [3.8, 4) is 5.75 Å². The van der Waals surface area contributed by atoms with Gasteiger partial charge in [0.2, 0.25) is 0 Å². The third-order valence-electron chi connectivity index (χ3n) is 5.04. The molecule has 0 spiro atoms. The van der Waals surface area contributed by atoms with E-state index in [9.17, 15) is 4.79 Å². The van der Waals surface area contributed by atoms with Crippen LogP contribution in [0, 0.1) is 0 Å². The first-order valence-electron chi connectivity index (χ1n) is 9.79. The maximum absolute atomic E-state index is 12.9. The lowest BCUT2D eigenvalue weighted by Gasteiger charge is -2.34. The highest BCUT2D eigenvalue weighted by Gasteiger charge is 2.23. The van der Waals surface area contributed by atoms with Gasteiger partial charge in [-0.25, -0.2) is 0 Å². The van der Waals surface area contributed by atoms with E-state index < -0.39 is 0 Å². The normalized spacial score (nSPS) is 14.7. The molecular formula is C23H22Cl2N2O2S. The van der Waals surface area contributed by atoms with Crippen LogP contribution in [0.25, 0.3) is 0 Å². The summed E-state index contributed by atoms with van der Waals surface area (Å²) in [5.74, 6) is 0.856. The summed E-state index contributed by atoms with van der Waals surface area (Å²) in [4.78, 5) is 17.9. The van der Waals surface area contributed by atoms with Crippen molar-refractivity contribution in [2.24, 2.45) is 0 Å². The Morgan fingerprint density at radius 3 is 2.43 bits per heavy atom. The maximum Gasteiger partial charge on any atom is 0.264 e. The van der Waals surface area contributed by atoms with E-state index in [1.807, 2.05) is 46.7 Å². The van der Waals surface area contributed by atoms with Crippen LogP contribution in [0.15, 0.2) is 60.0 Å². The molecule has 30 heavy (non-hydrogen) atoms. The van der Waals surface area contributed by atoms with Gasteiger partial charge in [0, 0.05) is 48.3 Å². The summed E-state index contributed by atoms with van der Waals surface area (Å²) in [6.45, 7) is 4.46. The predicted octanol–water partition coefficient (Wildman–Crippen LogP) is 5.59. The molecule has 0 radical (unpaired) electrons. The second-order valence-electron chi connectivity index (χ2n) is 7.26. The van der Waals surface area contributed by atoms with Gasteiger partial charge in [-0.05, 0) is 53.4 Å². The molecule has 4 rings (SSSR count). The lowest BCUT2D eigenvalue weighted by molar-refractivity contribution is 0.0633. The molecule has 0 saturated carbocycles. The SMILES string of the molecule is O=C(c1cc(COc2ccc(Cl)cc2)cs1)N1CCN(Cc2cccc(Cl)c2)CC1. The zero-order valence-corrected chi connectivity index (χ0v) is 18.7. The number of amides is 1. The van der Waals surface area contributed by atoms with Gasteiger partial charge in [0.1, 0.15) is 12.4 Å². The van der Waals surface area contributed by atoms with Crippen molar-refractivity contribution in [1.82, 2.24) is 9.80 Å². The number of piperazine rings is 1. The summed E-state index contributed by atoms with van der Waals surface area (Å²) in [5, 5.41) is 3.42. The van der Waals surface area contributed by atoms with Gasteiger partial charge < -0.3 is 9.64 Å². The summed E-state index contributed by atoms with van der Waals surface area (Å²) in [5.41, 5.74) is 2.20. The Morgan fingerprint density at radius 1 is 0.933 bits per heavy atom. The van der Waals surface area contributed by atoms with E-state index in [4.69, 9.17) is 27.9 Å². The van der Waals surface area contributed by atoms with E-state index in [1.54, 1.807) is 12.1 Å². The first-order valence-corrected chi connectivity index (χ1v) is 11.4. The molecule has 3 aromatic rings. The molecule has 0 N–H and O–H groups in total. The molecule has 0 bridgehead atoms. The van der Waals surface area contributed by atoms with Gasteiger partial charge in [0.25, 0.3) is 5.91 Å². The molecule has 156 valence electrons. The predicted molar refractivity (Wildman–Crippen MR) is 123 cm³/mol. The summed E-state index contributed by atoms with van der Waals surface area (Å²) in [7, 11) is 0. The molecule has 1 saturated heterocycles. The number of carbonyl (C=O) groups excluding carboxylic acids is 1. The van der Waals surface area contributed by atoms with Gasteiger partial charge in [-0.1, -0.05) is 35.3 Å². The van der Waals surface area contributed by atoms with Gasteiger partial charge in [-0.3, -0.25) is 9.69 Å². The van der Waals surface area contributed by atoms with Gasteiger partial charge in [-0.2, -0.15) is 0 Å². The van der Waals surface area contributed by atoms with E-state index in [0.29, 0.717) is 11.6 Å². The minimum atomic E-state index is 0.0974. The second-order valence-corrected chi connectivity index (χ2v) is 9.04. The summed E-state index contributed by atoms with van der Waals surface area (Å²) < 4.78 is 5.77. The second kappa shape index (κ2) is 9.84. The van der Waals surface area contributed by atoms with Crippen LogP contribution in [0.5, 0.6) is 5.75 Å². The highest BCUT2D eigenvalue weighted by atomic mass is 35.5. The standard InChI is InChI=1S/C23H22Cl2N2O2S/c24-19-4-6-21(7-5-19)29-15-18-13-22(30-16-18)23(28)27-10-8-26(9-11-27)14-17-2-1-3-20(25)12-17/h1-7,12-13,16H,8-11,14-15H2. The molecule has 4 nitrogen and oxygen atoms in total. The molecule has 1 amide bonds. The summed E-state index contributed by atoms with van der Waals surface area (Å²) in [6, 6.07) is 17.1. The van der Waals surface area contributed by atoms with Crippen molar-refractivity contribution in [2.75, 3.05) is 26.2 Å². The Balaban J connectivity index is 1.27. The average molecular weight is 461 g/mol. The largest absolute Gasteiger partial charge is 0.489 e. The fourth-order valence-electron chi connectivity index (χ4n) is 3.42. The van der Waals surface area contributed by atoms with Crippen LogP contribution < -0.4 is 4.74 Å². The highest BCUT2D eigenvalue weighted by molar-refractivity contribution is 7.12. The molecule has 1 aliphatic heterocycles. The number of ether oxygens (including phenoxy) is 1. The minimum Gasteiger partial charge on any atom is -0.489 e. The molecule has 1 aromatic heterocycles. The van der Waals surface area contributed by atoms with Crippen LogP contribution in [0.4, 0.5) is 0 Å². The maximum atomic E-state index is 12.9. The van der Waals surface area contributed by atoms with Gasteiger partial charge in [-0.15, -0.1) is 11.3 Å². The number of halogens is 2. The fourth-order valence-corrected chi connectivity index (χ4v) is 4.62. The van der Waals surface area contributed by atoms with E-state index in [0.717, 1.165) is 53.9 Å². The third-order valence-corrected chi connectivity index (χ3v) is 6.49. The van der Waals surface area contributed by atoms with Gasteiger partial charge in [0.05, 0.1) is 4.88 Å². The first-order chi connectivity index (χ1) is 14.6. The molecule has 0 unspecified atom stereocenters. The van der Waals surface area contributed by atoms with Crippen LogP contribution >= 0.6 is 34.5 Å². The molecular weight excluding hydrogens is 439 g/mol. The Labute approximate surface area is 190 Å². The number of thiophene rings is 1. The zero-order chi connectivity index (χ0) is 20.9. The Morgan fingerprint density at radius 2 is 1.70 bits per heavy atom. The lowest BCUT2D eigenvalue weighted by Crippen LogP contribution is -2.48. The number of carbonyl (C=O) groups is 1. The van der Waals surface area contributed by atoms with Crippen molar-refractivity contribution in [3.63, 3.8) is 0 Å². The highest BCUT2D eigenvalue weighted by Crippen LogP contribution is 2.22. The van der Waals surface area contributed by atoms with Crippen LogP contribution in [-0.2, 0) is 13.2 Å². The molecule has 2 heterocycles. The van der Waals surface area contributed by atoms with E-state index in [-0.39, 0.29) is 5.91 Å². The van der Waals surface area contributed by atoms with Crippen LogP contribution in [0.2, 0.25) is 10.0 Å². The topological polar surface area (TPSA) is 32.8 Å². The third kappa shape index (κ3) is 5.55. The van der Waals surface area contributed by atoms with Crippen molar-refractivity contribution in [1.29, 1.82) is 0 Å². The van der Waals surface area contributed by atoms with Crippen LogP contribution in [-0.4, -0.2) is 41.9 Å². The smallest absolute Gasteiger partial charge is 0.264 e. The fraction of sp³-hybridized carbons (Fsp3) is 0.261. The van der Waals surface area contributed by atoms with Crippen molar-refractivity contribution in [2.45, 2.75) is 13.2 Å². The number of nitrogens with zero attached hydrogens (tertiary/aromatic N) is 2. The van der Waals surface area contributed by atoms with Crippen LogP contribution in [0.3, 0.4) is 0 Å². The van der Waals surface area contributed by atoms with Crippen molar-refractivity contribution < 1.29 is 9.53 Å². The quantitative estimate of drug-likeness (QED) is 0.480. The Hall–Kier alpha value is -2.05. The zero-order valence-electron chi connectivity index (χ0n) is 16.4. The summed E-state index contributed by atoms with van der Waals surface area (Å²) >= 11 is 13.4. The molecule has 0 aliphatic carbocycles. The molecule has 2 aromatic carbocycles. The summed E-state index contributed by atoms with van der Waals surface area (Å²) in [6.07, 6.45) is 0. The first kappa shape index (κ1) is 21.2. The number of benzene rings is 2. The molecule has 0 atom stereocenters. The van der Waals surface area contributed by atoms with Crippen LogP contribution in [0.1, 0.15) is 20.8 Å². The Bertz CT molecular complexity index is 998. The number of hydrogen-bond acceptors (Lipinski definition) is 4. The Kier molecular flexibility index (Phi) is 6.95. The van der Waals surface area contributed by atoms with Gasteiger partial charge >= 0.3 is 0 Å². The number of hydrogen-bond donors (Lipinski definition) is 0. The number of rotatable bonds is 6. The van der Waals surface area contributed by atoms with Gasteiger partial charge in [0.15, 0.2) is 0 Å².